The van der Waals surface area contributed by atoms with Gasteiger partial charge in [0.25, 0.3) is 5.56 Å². The number of nitrogens with zero attached hydrogens (tertiary/aromatic N) is 2. The van der Waals surface area contributed by atoms with E-state index in [9.17, 15) is 9.90 Å². The molecule has 0 saturated heterocycles. The molecule has 1 unspecified atom stereocenters. The van der Waals surface area contributed by atoms with Gasteiger partial charge in [0, 0.05) is 31.1 Å². The van der Waals surface area contributed by atoms with Gasteiger partial charge in [0.1, 0.15) is 17.3 Å². The fourth-order valence-electron chi connectivity index (χ4n) is 3.56. The van der Waals surface area contributed by atoms with E-state index in [2.05, 4.69) is 29.1 Å². The minimum Gasteiger partial charge on any atom is -0.389 e. The molecule has 8 heteroatoms. The van der Waals surface area contributed by atoms with Crippen molar-refractivity contribution in [3.05, 3.63) is 50.9 Å². The number of H-pyrrole nitrogens is 1. The summed E-state index contributed by atoms with van der Waals surface area (Å²) in [5, 5.41) is 12.9. The molecule has 0 spiro atoms. The van der Waals surface area contributed by atoms with Crippen molar-refractivity contribution >= 4 is 21.6 Å². The second kappa shape index (κ2) is 11.4. The number of thiophene rings is 1. The summed E-state index contributed by atoms with van der Waals surface area (Å²) in [6, 6.07) is 6.23. The number of aliphatic hydroxyl groups excluding tert-OH is 1. The number of methoxy groups -OCH3 is 1. The van der Waals surface area contributed by atoms with Gasteiger partial charge in [-0.25, -0.2) is 4.98 Å². The molecule has 2 N–H and O–H groups in total. The number of nitrogens with one attached hydrogen (secondary N) is 1. The van der Waals surface area contributed by atoms with Gasteiger partial charge in [-0.05, 0) is 25.0 Å². The highest BCUT2D eigenvalue weighted by Gasteiger charge is 2.17. The van der Waals surface area contributed by atoms with Crippen molar-refractivity contribution in [2.75, 3.05) is 40.0 Å². The van der Waals surface area contributed by atoms with Gasteiger partial charge < -0.3 is 19.6 Å². The molecule has 0 aliphatic rings. The van der Waals surface area contributed by atoms with Gasteiger partial charge in [0.15, 0.2) is 0 Å². The van der Waals surface area contributed by atoms with E-state index in [1.54, 1.807) is 7.11 Å². The number of aromatic amines is 1. The summed E-state index contributed by atoms with van der Waals surface area (Å²) in [5.74, 6) is 2.92. The molecule has 32 heavy (non-hydrogen) atoms. The van der Waals surface area contributed by atoms with Crippen molar-refractivity contribution in [2.24, 2.45) is 0 Å². The van der Waals surface area contributed by atoms with Crippen molar-refractivity contribution in [2.45, 2.75) is 26.5 Å². The minimum atomic E-state index is -0.715. The zero-order valence-electron chi connectivity index (χ0n) is 18.7. The minimum absolute atomic E-state index is 0.140. The van der Waals surface area contributed by atoms with E-state index in [-0.39, 0.29) is 18.8 Å². The van der Waals surface area contributed by atoms with Crippen LogP contribution in [-0.4, -0.2) is 66.1 Å². The summed E-state index contributed by atoms with van der Waals surface area (Å²) >= 11 is 1.46. The first-order valence-corrected chi connectivity index (χ1v) is 11.3. The van der Waals surface area contributed by atoms with Gasteiger partial charge in [-0.3, -0.25) is 9.69 Å². The predicted octanol–water partition coefficient (Wildman–Crippen LogP) is 2.73. The van der Waals surface area contributed by atoms with Gasteiger partial charge >= 0.3 is 0 Å². The molecule has 0 amide bonds. The molecule has 0 fully saturated rings. The van der Waals surface area contributed by atoms with E-state index in [1.165, 1.54) is 11.3 Å². The fourth-order valence-corrected chi connectivity index (χ4v) is 4.52. The maximum atomic E-state index is 13.0. The summed E-state index contributed by atoms with van der Waals surface area (Å²) in [6.07, 6.45) is 4.46. The van der Waals surface area contributed by atoms with E-state index in [4.69, 9.17) is 20.9 Å². The number of aliphatic hydroxyl groups is 1. The molecule has 3 rings (SSSR count). The van der Waals surface area contributed by atoms with E-state index < -0.39 is 6.10 Å². The molecule has 0 aliphatic heterocycles. The van der Waals surface area contributed by atoms with Gasteiger partial charge in [-0.1, -0.05) is 29.7 Å². The largest absolute Gasteiger partial charge is 0.389 e. The second-order valence-corrected chi connectivity index (χ2v) is 8.62. The first kappa shape index (κ1) is 24.1. The average Bonchev–Trinajstić information content (AvgIpc) is 3.18. The van der Waals surface area contributed by atoms with Crippen molar-refractivity contribution < 1.29 is 14.6 Å². The number of rotatable bonds is 11. The van der Waals surface area contributed by atoms with E-state index in [0.717, 1.165) is 22.3 Å². The second-order valence-electron chi connectivity index (χ2n) is 7.76. The lowest BCUT2D eigenvalue weighted by Crippen LogP contribution is -2.37. The van der Waals surface area contributed by atoms with Gasteiger partial charge in [-0.2, -0.15) is 0 Å². The van der Waals surface area contributed by atoms with Crippen LogP contribution in [0.5, 0.6) is 0 Å². The zero-order chi connectivity index (χ0) is 23.1. The van der Waals surface area contributed by atoms with Crippen LogP contribution in [-0.2, 0) is 16.0 Å². The summed E-state index contributed by atoms with van der Waals surface area (Å²) in [4.78, 5) is 23.3. The number of benzene rings is 1. The molecule has 0 bridgehead atoms. The van der Waals surface area contributed by atoms with Crippen LogP contribution in [0.1, 0.15) is 17.0 Å². The Labute approximate surface area is 192 Å². The third kappa shape index (κ3) is 6.03. The summed E-state index contributed by atoms with van der Waals surface area (Å²) in [7, 11) is 1.62. The van der Waals surface area contributed by atoms with Gasteiger partial charge in [-0.15, -0.1) is 17.8 Å². The van der Waals surface area contributed by atoms with Crippen LogP contribution in [0.15, 0.2) is 28.4 Å². The monoisotopic (exact) mass is 455 g/mol. The smallest absolute Gasteiger partial charge is 0.260 e. The number of terminal acetylenes is 1. The molecule has 2 aromatic heterocycles. The number of hydrogen-bond donors (Lipinski definition) is 2. The Morgan fingerprint density at radius 1 is 1.34 bits per heavy atom. The van der Waals surface area contributed by atoms with Gasteiger partial charge in [0.2, 0.25) is 0 Å². The van der Waals surface area contributed by atoms with E-state index in [1.807, 2.05) is 24.1 Å². The van der Waals surface area contributed by atoms with Crippen LogP contribution in [0.4, 0.5) is 0 Å². The number of fused-ring (bicyclic) bond motifs is 1. The number of aryl methyl sites for hydroxylation is 2. The Kier molecular flexibility index (Phi) is 8.56. The molecule has 7 nitrogen and oxygen atoms in total. The van der Waals surface area contributed by atoms with E-state index in [0.29, 0.717) is 42.3 Å². The first-order chi connectivity index (χ1) is 15.4. The lowest BCUT2D eigenvalue weighted by Gasteiger charge is -2.24. The molecule has 2 heterocycles. The number of aromatic nitrogens is 2. The van der Waals surface area contributed by atoms with Crippen LogP contribution in [0, 0.1) is 26.2 Å². The van der Waals surface area contributed by atoms with Crippen molar-refractivity contribution in [3.63, 3.8) is 0 Å². The third-order valence-corrected chi connectivity index (χ3v) is 6.00. The third-order valence-electron chi connectivity index (χ3n) is 5.13. The lowest BCUT2D eigenvalue weighted by atomic mass is 9.99. The normalized spacial score (nSPS) is 12.4. The maximum Gasteiger partial charge on any atom is 0.260 e. The average molecular weight is 456 g/mol. The Hall–Kier alpha value is -2.54. The molecule has 1 aromatic carbocycles. The molecule has 170 valence electrons. The highest BCUT2D eigenvalue weighted by Crippen LogP contribution is 2.33. The Bertz CT molecular complexity index is 1150. The van der Waals surface area contributed by atoms with Crippen LogP contribution >= 0.6 is 11.3 Å². The van der Waals surface area contributed by atoms with Crippen molar-refractivity contribution in [3.8, 4) is 23.5 Å². The zero-order valence-corrected chi connectivity index (χ0v) is 19.5. The SMILES string of the molecule is C#CCOCC(O)CN(CCOC)Cc1nc2scc(-c3cc(C)ccc3C)c2c(=O)[nH]1. The van der Waals surface area contributed by atoms with Crippen molar-refractivity contribution in [1.82, 2.24) is 14.9 Å². The standard InChI is InChI=1S/C24H29N3O4S/c1-5-9-31-14-18(28)12-27(8-10-30-4)13-21-25-23(29)22-20(15-32-24(22)26-21)19-11-16(2)6-7-17(19)3/h1,6-7,11,15,18,28H,8-10,12-14H2,2-4H3,(H,25,26,29). The lowest BCUT2D eigenvalue weighted by molar-refractivity contribution is 0.0202. The highest BCUT2D eigenvalue weighted by molar-refractivity contribution is 7.17. The van der Waals surface area contributed by atoms with Gasteiger partial charge in [0.05, 0.1) is 31.2 Å². The topological polar surface area (TPSA) is 87.7 Å². The molecule has 0 radical (unpaired) electrons. The summed E-state index contributed by atoms with van der Waals surface area (Å²) in [5.41, 5.74) is 4.05. The highest BCUT2D eigenvalue weighted by atomic mass is 32.1. The van der Waals surface area contributed by atoms with Crippen LogP contribution in [0.3, 0.4) is 0 Å². The number of ether oxygens (including phenoxy) is 2. The molecular weight excluding hydrogens is 426 g/mol. The van der Waals surface area contributed by atoms with Crippen molar-refractivity contribution in [1.29, 1.82) is 0 Å². The molecular formula is C24H29N3O4S. The molecule has 3 aromatic rings. The maximum absolute atomic E-state index is 13.0. The van der Waals surface area contributed by atoms with Crippen LogP contribution < -0.4 is 5.56 Å². The Balaban J connectivity index is 1.84. The molecule has 0 saturated carbocycles. The number of hydrogen-bond acceptors (Lipinski definition) is 7. The predicted molar refractivity (Wildman–Crippen MR) is 128 cm³/mol. The molecule has 0 aliphatic carbocycles. The molecule has 1 atom stereocenters. The fraction of sp³-hybridized carbons (Fsp3) is 0.417. The summed E-state index contributed by atoms with van der Waals surface area (Å²) in [6.45, 7) is 6.15. The van der Waals surface area contributed by atoms with Crippen LogP contribution in [0.25, 0.3) is 21.3 Å². The summed E-state index contributed by atoms with van der Waals surface area (Å²) < 4.78 is 10.4. The van der Waals surface area contributed by atoms with E-state index >= 15 is 0 Å². The quantitative estimate of drug-likeness (QED) is 0.342. The Morgan fingerprint density at radius 3 is 2.91 bits per heavy atom. The first-order valence-electron chi connectivity index (χ1n) is 10.4. The Morgan fingerprint density at radius 2 is 2.16 bits per heavy atom. The van der Waals surface area contributed by atoms with Crippen LogP contribution in [0.2, 0.25) is 0 Å².